The van der Waals surface area contributed by atoms with Gasteiger partial charge in [0.1, 0.15) is 0 Å². The van der Waals surface area contributed by atoms with Crippen molar-refractivity contribution in [3.05, 3.63) is 29.3 Å². The number of nitriles is 1. The largest absolute Gasteiger partial charge is 0.417 e. The van der Waals surface area contributed by atoms with Crippen molar-refractivity contribution in [1.29, 1.82) is 5.26 Å². The first kappa shape index (κ1) is 15.6. The first-order valence-electron chi connectivity index (χ1n) is 7.06. The number of hydrogen-bond acceptors (Lipinski definition) is 3. The smallest absolute Gasteiger partial charge is 0.368 e. The van der Waals surface area contributed by atoms with E-state index in [-0.39, 0.29) is 11.6 Å². The van der Waals surface area contributed by atoms with E-state index in [9.17, 15) is 13.2 Å². The summed E-state index contributed by atoms with van der Waals surface area (Å²) in [5.41, 5.74) is -0.661. The minimum Gasteiger partial charge on any atom is -0.368 e. The second kappa shape index (κ2) is 6.35. The lowest BCUT2D eigenvalue weighted by Crippen LogP contribution is -2.46. The number of halogens is 3. The van der Waals surface area contributed by atoms with Crippen molar-refractivity contribution < 1.29 is 13.2 Å². The summed E-state index contributed by atoms with van der Waals surface area (Å²) in [6.07, 6.45) is -2.53. The highest BCUT2D eigenvalue weighted by atomic mass is 19.4. The number of alkyl halides is 3. The standard InChI is InChI=1S/C15H18F3N3/c1-2-21(13-4-3-7-20-10-13)12-6-5-11(9-19)14(8-12)15(16,17)18/h5-6,8,13,20H,2-4,7,10H2,1H3/t13-/m1/s1. The predicted octanol–water partition coefficient (Wildman–Crippen LogP) is 3.16. The molecule has 1 aromatic rings. The number of likely N-dealkylation sites (N-methyl/N-ethyl adjacent to an activating group) is 1. The van der Waals surface area contributed by atoms with Gasteiger partial charge in [0.15, 0.2) is 0 Å². The monoisotopic (exact) mass is 297 g/mol. The van der Waals surface area contributed by atoms with Gasteiger partial charge in [-0.25, -0.2) is 0 Å². The Bertz CT molecular complexity index is 528. The Kier molecular flexibility index (Phi) is 4.73. The van der Waals surface area contributed by atoms with E-state index in [4.69, 9.17) is 5.26 Å². The number of benzene rings is 1. The van der Waals surface area contributed by atoms with Gasteiger partial charge in [0.25, 0.3) is 0 Å². The van der Waals surface area contributed by atoms with Crippen LogP contribution in [-0.4, -0.2) is 25.7 Å². The molecule has 21 heavy (non-hydrogen) atoms. The topological polar surface area (TPSA) is 39.1 Å². The number of hydrogen-bond donors (Lipinski definition) is 1. The average Bonchev–Trinajstić information content (AvgIpc) is 2.48. The SMILES string of the molecule is CCN(c1ccc(C#N)c(C(F)(F)F)c1)[C@@H]1CCCNC1. The van der Waals surface area contributed by atoms with Gasteiger partial charge in [0, 0.05) is 24.8 Å². The minimum absolute atomic E-state index is 0.192. The fourth-order valence-electron chi connectivity index (χ4n) is 2.79. The van der Waals surface area contributed by atoms with Crippen LogP contribution in [0.5, 0.6) is 0 Å². The Labute approximate surface area is 122 Å². The summed E-state index contributed by atoms with van der Waals surface area (Å²) >= 11 is 0. The minimum atomic E-state index is -4.51. The Morgan fingerprint density at radius 1 is 1.43 bits per heavy atom. The zero-order valence-electron chi connectivity index (χ0n) is 11.9. The first-order chi connectivity index (χ1) is 9.97. The van der Waals surface area contributed by atoms with E-state index >= 15 is 0 Å². The van der Waals surface area contributed by atoms with Gasteiger partial charge in [-0.15, -0.1) is 0 Å². The third-order valence-electron chi connectivity index (χ3n) is 3.81. The molecule has 1 aliphatic heterocycles. The molecule has 1 aliphatic rings. The Hall–Kier alpha value is -1.74. The van der Waals surface area contributed by atoms with E-state index in [1.165, 1.54) is 6.07 Å². The maximum Gasteiger partial charge on any atom is 0.417 e. The van der Waals surface area contributed by atoms with Crippen molar-refractivity contribution in [3.8, 4) is 6.07 Å². The van der Waals surface area contributed by atoms with Crippen LogP contribution in [0.4, 0.5) is 18.9 Å². The molecule has 0 bridgehead atoms. The van der Waals surface area contributed by atoms with Crippen LogP contribution < -0.4 is 10.2 Å². The van der Waals surface area contributed by atoms with E-state index in [0.29, 0.717) is 12.2 Å². The van der Waals surface area contributed by atoms with E-state index in [2.05, 4.69) is 5.32 Å². The lowest BCUT2D eigenvalue weighted by atomic mass is 10.0. The van der Waals surface area contributed by atoms with Gasteiger partial charge < -0.3 is 10.2 Å². The highest BCUT2D eigenvalue weighted by Gasteiger charge is 2.34. The van der Waals surface area contributed by atoms with Gasteiger partial charge in [-0.1, -0.05) is 0 Å². The normalized spacial score (nSPS) is 19.1. The molecule has 1 fully saturated rings. The van der Waals surface area contributed by atoms with Crippen LogP contribution in [0.3, 0.4) is 0 Å². The van der Waals surface area contributed by atoms with Crippen LogP contribution >= 0.6 is 0 Å². The second-order valence-corrected chi connectivity index (χ2v) is 5.13. The number of anilines is 1. The van der Waals surface area contributed by atoms with Crippen LogP contribution in [0.25, 0.3) is 0 Å². The molecular weight excluding hydrogens is 279 g/mol. The van der Waals surface area contributed by atoms with Gasteiger partial charge in [-0.2, -0.15) is 18.4 Å². The van der Waals surface area contributed by atoms with E-state index in [1.54, 1.807) is 12.1 Å². The van der Waals surface area contributed by atoms with E-state index in [0.717, 1.165) is 32.0 Å². The highest BCUT2D eigenvalue weighted by Crippen LogP contribution is 2.35. The second-order valence-electron chi connectivity index (χ2n) is 5.13. The molecule has 0 aliphatic carbocycles. The van der Waals surface area contributed by atoms with Gasteiger partial charge >= 0.3 is 6.18 Å². The number of piperidine rings is 1. The fraction of sp³-hybridized carbons (Fsp3) is 0.533. The average molecular weight is 297 g/mol. The molecular formula is C15H18F3N3. The molecule has 0 aromatic heterocycles. The van der Waals surface area contributed by atoms with Crippen molar-refractivity contribution in [2.45, 2.75) is 32.0 Å². The highest BCUT2D eigenvalue weighted by molar-refractivity contribution is 5.55. The number of nitrogens with zero attached hydrogens (tertiary/aromatic N) is 2. The summed E-state index contributed by atoms with van der Waals surface area (Å²) in [6.45, 7) is 4.29. The van der Waals surface area contributed by atoms with Crippen LogP contribution in [0.1, 0.15) is 30.9 Å². The van der Waals surface area contributed by atoms with Gasteiger partial charge in [0.05, 0.1) is 17.2 Å². The Morgan fingerprint density at radius 2 is 2.19 bits per heavy atom. The third-order valence-corrected chi connectivity index (χ3v) is 3.81. The molecule has 1 N–H and O–H groups in total. The predicted molar refractivity (Wildman–Crippen MR) is 75.1 cm³/mol. The fourth-order valence-corrected chi connectivity index (χ4v) is 2.79. The lowest BCUT2D eigenvalue weighted by Gasteiger charge is -2.36. The zero-order valence-corrected chi connectivity index (χ0v) is 11.9. The van der Waals surface area contributed by atoms with Crippen LogP contribution in [0.2, 0.25) is 0 Å². The maximum atomic E-state index is 13.0. The van der Waals surface area contributed by atoms with Crippen LogP contribution in [-0.2, 0) is 6.18 Å². The summed E-state index contributed by atoms with van der Waals surface area (Å²) in [7, 11) is 0. The molecule has 0 spiro atoms. The molecule has 6 heteroatoms. The molecule has 1 atom stereocenters. The summed E-state index contributed by atoms with van der Waals surface area (Å²) in [4.78, 5) is 1.97. The molecule has 0 unspecified atom stereocenters. The van der Waals surface area contributed by atoms with Crippen molar-refractivity contribution >= 4 is 5.69 Å². The van der Waals surface area contributed by atoms with Crippen molar-refractivity contribution in [2.75, 3.05) is 24.5 Å². The molecule has 114 valence electrons. The number of rotatable bonds is 3. The molecule has 0 amide bonds. The zero-order chi connectivity index (χ0) is 15.5. The molecule has 1 saturated heterocycles. The van der Waals surface area contributed by atoms with Crippen LogP contribution in [0, 0.1) is 11.3 Å². The Morgan fingerprint density at radius 3 is 2.71 bits per heavy atom. The summed E-state index contributed by atoms with van der Waals surface area (Å²) in [6, 6.07) is 5.77. The van der Waals surface area contributed by atoms with E-state index < -0.39 is 11.7 Å². The van der Waals surface area contributed by atoms with Crippen LogP contribution in [0.15, 0.2) is 18.2 Å². The van der Waals surface area contributed by atoms with Crippen molar-refractivity contribution in [2.24, 2.45) is 0 Å². The van der Waals surface area contributed by atoms with Crippen molar-refractivity contribution in [1.82, 2.24) is 5.32 Å². The number of nitrogens with one attached hydrogen (secondary N) is 1. The summed E-state index contributed by atoms with van der Waals surface area (Å²) in [5.74, 6) is 0. The molecule has 2 rings (SSSR count). The first-order valence-corrected chi connectivity index (χ1v) is 7.06. The van der Waals surface area contributed by atoms with Crippen molar-refractivity contribution in [3.63, 3.8) is 0 Å². The van der Waals surface area contributed by atoms with Gasteiger partial charge in [0.2, 0.25) is 0 Å². The quantitative estimate of drug-likeness (QED) is 0.931. The third kappa shape index (κ3) is 3.48. The maximum absolute atomic E-state index is 13.0. The lowest BCUT2D eigenvalue weighted by molar-refractivity contribution is -0.137. The molecule has 0 radical (unpaired) electrons. The van der Waals surface area contributed by atoms with Gasteiger partial charge in [-0.05, 0) is 44.5 Å². The van der Waals surface area contributed by atoms with E-state index in [1.807, 2.05) is 11.8 Å². The molecule has 0 saturated carbocycles. The summed E-state index contributed by atoms with van der Waals surface area (Å²) < 4.78 is 39.1. The van der Waals surface area contributed by atoms with Gasteiger partial charge in [-0.3, -0.25) is 0 Å². The Balaban J connectivity index is 2.36. The summed E-state index contributed by atoms with van der Waals surface area (Å²) in [5, 5.41) is 12.1. The molecule has 3 nitrogen and oxygen atoms in total. The molecule has 1 heterocycles. The molecule has 1 aromatic carbocycles.